The largest absolute Gasteiger partial charge is 0.338 e. The molecule has 158 valence electrons. The van der Waals surface area contributed by atoms with Crippen molar-refractivity contribution in [3.8, 4) is 0 Å². The smallest absolute Gasteiger partial charge is 0.255 e. The minimum Gasteiger partial charge on any atom is -0.338 e. The second kappa shape index (κ2) is 9.43. The number of hydrogen-bond acceptors (Lipinski definition) is 3. The van der Waals surface area contributed by atoms with E-state index in [-0.39, 0.29) is 11.8 Å². The van der Waals surface area contributed by atoms with Crippen LogP contribution in [0.3, 0.4) is 0 Å². The molecule has 1 N–H and O–H groups in total. The summed E-state index contributed by atoms with van der Waals surface area (Å²) in [6.07, 6.45) is 5.40. The highest BCUT2D eigenvalue weighted by Gasteiger charge is 2.21. The van der Waals surface area contributed by atoms with Crippen molar-refractivity contribution in [3.05, 3.63) is 65.2 Å². The summed E-state index contributed by atoms with van der Waals surface area (Å²) < 4.78 is 0. The van der Waals surface area contributed by atoms with Crippen LogP contribution in [0.1, 0.15) is 60.5 Å². The Labute approximate surface area is 179 Å². The Morgan fingerprint density at radius 1 is 1.00 bits per heavy atom. The average molecular weight is 406 g/mol. The van der Waals surface area contributed by atoms with E-state index < -0.39 is 0 Å². The van der Waals surface area contributed by atoms with Crippen molar-refractivity contribution >= 4 is 17.5 Å². The molecule has 30 heavy (non-hydrogen) atoms. The summed E-state index contributed by atoms with van der Waals surface area (Å²) >= 11 is 0. The van der Waals surface area contributed by atoms with Crippen LogP contribution in [0, 0.1) is 0 Å². The first-order chi connectivity index (χ1) is 14.6. The number of benzene rings is 2. The molecule has 0 bridgehead atoms. The summed E-state index contributed by atoms with van der Waals surface area (Å²) in [5.74, 6) is 0.0813. The molecule has 2 aromatic rings. The number of carbonyl (C=O) groups excluding carboxylic acids is 2. The highest BCUT2D eigenvalue weighted by molar-refractivity contribution is 6.04. The van der Waals surface area contributed by atoms with E-state index >= 15 is 0 Å². The maximum atomic E-state index is 12.8. The summed E-state index contributed by atoms with van der Waals surface area (Å²) in [6, 6.07) is 16.3. The molecule has 0 saturated carbocycles. The molecule has 0 radical (unpaired) electrons. The van der Waals surface area contributed by atoms with Gasteiger partial charge in [-0.15, -0.1) is 0 Å². The van der Waals surface area contributed by atoms with Crippen LogP contribution in [-0.2, 0) is 17.9 Å². The molecule has 2 aromatic carbocycles. The van der Waals surface area contributed by atoms with Gasteiger partial charge < -0.3 is 10.2 Å². The number of carbonyl (C=O) groups is 2. The van der Waals surface area contributed by atoms with Crippen molar-refractivity contribution in [3.63, 3.8) is 0 Å². The number of likely N-dealkylation sites (tertiary alicyclic amines) is 2. The summed E-state index contributed by atoms with van der Waals surface area (Å²) in [7, 11) is 0. The molecule has 2 amide bonds. The van der Waals surface area contributed by atoms with Gasteiger partial charge in [-0.25, -0.2) is 0 Å². The zero-order valence-corrected chi connectivity index (χ0v) is 17.8. The fourth-order valence-electron chi connectivity index (χ4n) is 4.48. The van der Waals surface area contributed by atoms with Gasteiger partial charge in [0.1, 0.15) is 0 Å². The van der Waals surface area contributed by atoms with Crippen LogP contribution >= 0.6 is 0 Å². The van der Waals surface area contributed by atoms with E-state index in [0.717, 1.165) is 37.3 Å². The Bertz CT molecular complexity index is 911. The van der Waals surface area contributed by atoms with Gasteiger partial charge in [-0.05, 0) is 68.1 Å². The van der Waals surface area contributed by atoms with Crippen molar-refractivity contribution < 1.29 is 9.59 Å². The van der Waals surface area contributed by atoms with Crippen LogP contribution in [0.25, 0.3) is 0 Å². The fraction of sp³-hybridized carbons (Fsp3) is 0.440. The van der Waals surface area contributed by atoms with Crippen molar-refractivity contribution in [1.29, 1.82) is 0 Å². The first-order valence-electron chi connectivity index (χ1n) is 11.1. The van der Waals surface area contributed by atoms with Crippen LogP contribution < -0.4 is 5.32 Å². The summed E-state index contributed by atoms with van der Waals surface area (Å²) in [6.45, 7) is 5.74. The molecular weight excluding hydrogens is 374 g/mol. The average Bonchev–Trinajstić information content (AvgIpc) is 3.15. The lowest BCUT2D eigenvalue weighted by Crippen LogP contribution is -2.36. The van der Waals surface area contributed by atoms with Gasteiger partial charge >= 0.3 is 0 Å². The molecule has 2 heterocycles. The van der Waals surface area contributed by atoms with Crippen molar-refractivity contribution in [1.82, 2.24) is 9.80 Å². The molecule has 2 aliphatic heterocycles. The maximum absolute atomic E-state index is 12.8. The second-order valence-electron chi connectivity index (χ2n) is 8.59. The van der Waals surface area contributed by atoms with Crippen LogP contribution in [0.4, 0.5) is 5.69 Å². The van der Waals surface area contributed by atoms with Gasteiger partial charge in [0.15, 0.2) is 0 Å². The maximum Gasteiger partial charge on any atom is 0.255 e. The number of amides is 2. The third kappa shape index (κ3) is 5.08. The van der Waals surface area contributed by atoms with Gasteiger partial charge in [0.2, 0.25) is 5.91 Å². The van der Waals surface area contributed by atoms with E-state index in [0.29, 0.717) is 24.6 Å². The Kier molecular flexibility index (Phi) is 6.48. The molecule has 5 heteroatoms. The molecular formula is C25H31N3O2. The van der Waals surface area contributed by atoms with Gasteiger partial charge in [-0.3, -0.25) is 14.5 Å². The van der Waals surface area contributed by atoms with E-state index in [2.05, 4.69) is 29.3 Å². The number of rotatable bonds is 6. The van der Waals surface area contributed by atoms with E-state index in [1.54, 1.807) is 0 Å². The first kappa shape index (κ1) is 20.6. The number of piperidine rings is 1. The zero-order valence-electron chi connectivity index (χ0n) is 17.8. The molecule has 4 rings (SSSR count). The lowest BCUT2D eigenvalue weighted by molar-refractivity contribution is -0.128. The fourth-order valence-corrected chi connectivity index (χ4v) is 4.48. The van der Waals surface area contributed by atoms with E-state index in [4.69, 9.17) is 0 Å². The van der Waals surface area contributed by atoms with Crippen LogP contribution in [0.15, 0.2) is 48.5 Å². The highest BCUT2D eigenvalue weighted by Crippen LogP contribution is 2.21. The molecule has 2 saturated heterocycles. The van der Waals surface area contributed by atoms with Gasteiger partial charge in [0.25, 0.3) is 5.91 Å². The topological polar surface area (TPSA) is 52.7 Å². The Balaban J connectivity index is 1.40. The quantitative estimate of drug-likeness (QED) is 0.773. The van der Waals surface area contributed by atoms with Gasteiger partial charge in [-0.1, -0.05) is 30.7 Å². The normalized spacial score (nSPS) is 19.8. The minimum absolute atomic E-state index is 0.118. The molecule has 0 aliphatic carbocycles. The predicted octanol–water partition coefficient (Wildman–Crippen LogP) is 4.44. The Hall–Kier alpha value is -2.66. The minimum atomic E-state index is -0.118. The van der Waals surface area contributed by atoms with E-state index in [1.807, 2.05) is 41.3 Å². The number of anilines is 1. The lowest BCUT2D eigenvalue weighted by atomic mass is 10.0. The van der Waals surface area contributed by atoms with E-state index in [1.165, 1.54) is 24.8 Å². The molecule has 0 aromatic heterocycles. The van der Waals surface area contributed by atoms with Crippen molar-refractivity contribution in [2.45, 2.75) is 58.2 Å². The summed E-state index contributed by atoms with van der Waals surface area (Å²) in [4.78, 5) is 29.1. The molecule has 0 spiro atoms. The third-order valence-corrected chi connectivity index (χ3v) is 6.25. The van der Waals surface area contributed by atoms with Gasteiger partial charge in [0.05, 0.1) is 0 Å². The summed E-state index contributed by atoms with van der Waals surface area (Å²) in [5.41, 5.74) is 3.66. The number of nitrogens with one attached hydrogen (secondary N) is 1. The number of nitrogens with zero attached hydrogens (tertiary/aromatic N) is 2. The Morgan fingerprint density at radius 3 is 2.57 bits per heavy atom. The number of hydrogen-bond donors (Lipinski definition) is 1. The molecule has 1 unspecified atom stereocenters. The van der Waals surface area contributed by atoms with Crippen molar-refractivity contribution in [2.24, 2.45) is 0 Å². The zero-order chi connectivity index (χ0) is 20.9. The third-order valence-electron chi connectivity index (χ3n) is 6.25. The molecule has 5 nitrogen and oxygen atoms in total. The van der Waals surface area contributed by atoms with Crippen LogP contribution in [-0.4, -0.2) is 40.7 Å². The Morgan fingerprint density at radius 2 is 1.80 bits per heavy atom. The van der Waals surface area contributed by atoms with Gasteiger partial charge in [-0.2, -0.15) is 0 Å². The van der Waals surface area contributed by atoms with Gasteiger partial charge in [0, 0.05) is 43.3 Å². The van der Waals surface area contributed by atoms with Crippen LogP contribution in [0.2, 0.25) is 0 Å². The standard InChI is InChI=1S/C25H31N3O2/c1-19-7-2-3-13-27(19)17-21-9-5-11-23(16-21)26-25(30)22-10-4-8-20(15-22)18-28-14-6-12-24(28)29/h4-5,8-11,15-16,19H,2-3,6-7,12-14,17-18H2,1H3,(H,26,30). The lowest BCUT2D eigenvalue weighted by Gasteiger charge is -2.33. The van der Waals surface area contributed by atoms with Crippen molar-refractivity contribution in [2.75, 3.05) is 18.4 Å². The van der Waals surface area contributed by atoms with E-state index in [9.17, 15) is 9.59 Å². The summed E-state index contributed by atoms with van der Waals surface area (Å²) in [5, 5.41) is 3.04. The molecule has 1 atom stereocenters. The first-order valence-corrected chi connectivity index (χ1v) is 11.1. The predicted molar refractivity (Wildman–Crippen MR) is 119 cm³/mol. The SMILES string of the molecule is CC1CCCCN1Cc1cccc(NC(=O)c2cccc(CN3CCCC3=O)c2)c1. The molecule has 2 aliphatic rings. The van der Waals surface area contributed by atoms with Crippen LogP contribution in [0.5, 0.6) is 0 Å². The molecule has 2 fully saturated rings. The highest BCUT2D eigenvalue weighted by atomic mass is 16.2. The monoisotopic (exact) mass is 405 g/mol. The second-order valence-corrected chi connectivity index (χ2v) is 8.59.